The molecule has 1 fully saturated rings. The molecule has 0 radical (unpaired) electrons. The molecule has 1 aliphatic rings. The molecule has 1 heterocycles. The summed E-state index contributed by atoms with van der Waals surface area (Å²) in [7, 11) is 1.34. The number of hydrogen-bond acceptors (Lipinski definition) is 6. The number of methoxy groups -OCH3 is 1. The lowest BCUT2D eigenvalue weighted by Gasteiger charge is -2.37. The van der Waals surface area contributed by atoms with Crippen molar-refractivity contribution >= 4 is 17.6 Å². The minimum Gasteiger partial charge on any atom is -0.469 e. The van der Waals surface area contributed by atoms with Crippen LogP contribution in [-0.4, -0.2) is 44.3 Å². The zero-order valence-electron chi connectivity index (χ0n) is 13.6. The van der Waals surface area contributed by atoms with Crippen LogP contribution >= 0.6 is 0 Å². The first-order valence-corrected chi connectivity index (χ1v) is 7.76. The van der Waals surface area contributed by atoms with Crippen LogP contribution in [0.2, 0.25) is 0 Å². The first-order valence-electron chi connectivity index (χ1n) is 7.76. The van der Waals surface area contributed by atoms with Gasteiger partial charge in [-0.25, -0.2) is 0 Å². The number of amides is 1. The van der Waals surface area contributed by atoms with E-state index in [4.69, 9.17) is 14.7 Å². The molecule has 0 unspecified atom stereocenters. The summed E-state index contributed by atoms with van der Waals surface area (Å²) in [6.45, 7) is 1.08. The van der Waals surface area contributed by atoms with E-state index in [1.807, 2.05) is 6.07 Å². The molecule has 1 amide bonds. The fourth-order valence-corrected chi connectivity index (χ4v) is 2.64. The van der Waals surface area contributed by atoms with Crippen LogP contribution in [0.15, 0.2) is 24.3 Å². The number of nitrogens with one attached hydrogen (secondary N) is 2. The average Bonchev–Trinajstić information content (AvgIpc) is 2.61. The quantitative estimate of drug-likeness (QED) is 0.760. The molecule has 0 saturated carbocycles. The maximum atomic E-state index is 12.3. The number of benzene rings is 1. The highest BCUT2D eigenvalue weighted by molar-refractivity contribution is 5.82. The summed E-state index contributed by atoms with van der Waals surface area (Å²) >= 11 is 0. The minimum atomic E-state index is -0.616. The minimum absolute atomic E-state index is 0.0790. The van der Waals surface area contributed by atoms with Crippen molar-refractivity contribution in [3.05, 3.63) is 29.8 Å². The van der Waals surface area contributed by atoms with Gasteiger partial charge in [-0.1, -0.05) is 0 Å². The molecule has 0 bridgehead atoms. The van der Waals surface area contributed by atoms with Crippen molar-refractivity contribution in [2.45, 2.75) is 24.8 Å². The zero-order valence-corrected chi connectivity index (χ0v) is 13.6. The van der Waals surface area contributed by atoms with Crippen LogP contribution in [0.3, 0.4) is 0 Å². The number of esters is 1. The number of rotatable bonds is 6. The van der Waals surface area contributed by atoms with Gasteiger partial charge in [0, 0.05) is 18.9 Å². The molecule has 1 aromatic carbocycles. The number of carbonyl (C=O) groups is 2. The molecule has 7 heteroatoms. The predicted molar refractivity (Wildman–Crippen MR) is 87.2 cm³/mol. The normalized spacial score (nSPS) is 15.8. The first-order chi connectivity index (χ1) is 11.6. The lowest BCUT2D eigenvalue weighted by atomic mass is 9.86. The summed E-state index contributed by atoms with van der Waals surface area (Å²) in [4.78, 5) is 23.9. The zero-order chi connectivity index (χ0) is 17.4. The van der Waals surface area contributed by atoms with E-state index in [1.165, 1.54) is 7.11 Å². The third-order valence-corrected chi connectivity index (χ3v) is 4.03. The summed E-state index contributed by atoms with van der Waals surface area (Å²) in [5.74, 6) is -0.553. The van der Waals surface area contributed by atoms with Gasteiger partial charge in [0.1, 0.15) is 0 Å². The smallest absolute Gasteiger partial charge is 0.307 e. The molecule has 1 aromatic rings. The molecular formula is C17H21N3O4. The molecule has 0 atom stereocenters. The van der Waals surface area contributed by atoms with E-state index in [0.29, 0.717) is 31.6 Å². The van der Waals surface area contributed by atoms with E-state index in [0.717, 1.165) is 5.69 Å². The number of hydrogen-bond donors (Lipinski definition) is 2. The average molecular weight is 331 g/mol. The first kappa shape index (κ1) is 17.8. The Morgan fingerprint density at radius 2 is 1.96 bits per heavy atom. The maximum Gasteiger partial charge on any atom is 0.307 e. The van der Waals surface area contributed by atoms with Crippen molar-refractivity contribution in [2.24, 2.45) is 0 Å². The van der Waals surface area contributed by atoms with Crippen molar-refractivity contribution in [1.82, 2.24) is 5.32 Å². The number of anilines is 1. The van der Waals surface area contributed by atoms with Gasteiger partial charge in [-0.2, -0.15) is 5.26 Å². The van der Waals surface area contributed by atoms with E-state index in [2.05, 4.69) is 10.6 Å². The van der Waals surface area contributed by atoms with Crippen LogP contribution in [0, 0.1) is 11.3 Å². The second-order valence-corrected chi connectivity index (χ2v) is 5.74. The molecule has 2 rings (SSSR count). The number of nitriles is 1. The summed E-state index contributed by atoms with van der Waals surface area (Å²) in [6, 6.07) is 8.88. The molecule has 128 valence electrons. The van der Waals surface area contributed by atoms with E-state index in [9.17, 15) is 9.59 Å². The van der Waals surface area contributed by atoms with E-state index < -0.39 is 5.54 Å². The molecule has 24 heavy (non-hydrogen) atoms. The topological polar surface area (TPSA) is 100 Å². The standard InChI is InChI=1S/C17H21N3O4/c1-23-16(22)10-17(6-8-24-9-7-17)20-15(21)12-19-14-4-2-13(11-18)3-5-14/h2-5,19H,6-10,12H2,1H3,(H,20,21). The maximum absolute atomic E-state index is 12.3. The lowest BCUT2D eigenvalue weighted by Crippen LogP contribution is -2.54. The Kier molecular flexibility index (Phi) is 6.15. The van der Waals surface area contributed by atoms with E-state index >= 15 is 0 Å². The van der Waals surface area contributed by atoms with Crippen molar-refractivity contribution < 1.29 is 19.1 Å². The summed E-state index contributed by atoms with van der Waals surface area (Å²) < 4.78 is 10.1. The molecule has 0 aromatic heterocycles. The van der Waals surface area contributed by atoms with Crippen molar-refractivity contribution in [2.75, 3.05) is 32.2 Å². The van der Waals surface area contributed by atoms with Crippen molar-refractivity contribution in [1.29, 1.82) is 5.26 Å². The largest absolute Gasteiger partial charge is 0.469 e. The molecule has 0 spiro atoms. The van der Waals surface area contributed by atoms with Crippen LogP contribution in [0.25, 0.3) is 0 Å². The van der Waals surface area contributed by atoms with Crippen LogP contribution < -0.4 is 10.6 Å². The third kappa shape index (κ3) is 4.96. The molecular weight excluding hydrogens is 310 g/mol. The van der Waals surface area contributed by atoms with Crippen molar-refractivity contribution in [3.63, 3.8) is 0 Å². The monoisotopic (exact) mass is 331 g/mol. The highest BCUT2D eigenvalue weighted by Gasteiger charge is 2.36. The van der Waals surface area contributed by atoms with Gasteiger partial charge in [0.2, 0.25) is 5.91 Å². The Bertz CT molecular complexity index is 616. The second kappa shape index (κ2) is 8.31. The number of nitrogens with zero attached hydrogens (tertiary/aromatic N) is 1. The Morgan fingerprint density at radius 1 is 1.29 bits per heavy atom. The lowest BCUT2D eigenvalue weighted by molar-refractivity contribution is -0.144. The van der Waals surface area contributed by atoms with Crippen molar-refractivity contribution in [3.8, 4) is 6.07 Å². The van der Waals surface area contributed by atoms with E-state index in [1.54, 1.807) is 24.3 Å². The summed E-state index contributed by atoms with van der Waals surface area (Å²) in [6.07, 6.45) is 1.28. The number of ether oxygens (including phenoxy) is 2. The molecule has 1 aliphatic heterocycles. The molecule has 2 N–H and O–H groups in total. The SMILES string of the molecule is COC(=O)CC1(NC(=O)CNc2ccc(C#N)cc2)CCOCC1. The van der Waals surface area contributed by atoms with Crippen LogP contribution in [0.4, 0.5) is 5.69 Å². The van der Waals surface area contributed by atoms with Gasteiger partial charge in [0.05, 0.1) is 37.2 Å². The van der Waals surface area contributed by atoms with Gasteiger partial charge in [0.15, 0.2) is 0 Å². The van der Waals surface area contributed by atoms with Gasteiger partial charge >= 0.3 is 5.97 Å². The van der Waals surface area contributed by atoms with Gasteiger partial charge in [0.25, 0.3) is 0 Å². The van der Waals surface area contributed by atoms with Gasteiger partial charge in [-0.3, -0.25) is 9.59 Å². The fraction of sp³-hybridized carbons (Fsp3) is 0.471. The summed E-state index contributed by atoms with van der Waals surface area (Å²) in [5.41, 5.74) is 0.691. The predicted octanol–water partition coefficient (Wildman–Crippen LogP) is 1.20. The van der Waals surface area contributed by atoms with Crippen LogP contribution in [0.5, 0.6) is 0 Å². The van der Waals surface area contributed by atoms with Crippen LogP contribution in [-0.2, 0) is 19.1 Å². The Hall–Kier alpha value is -2.59. The van der Waals surface area contributed by atoms with Gasteiger partial charge < -0.3 is 20.1 Å². The number of carbonyl (C=O) groups excluding carboxylic acids is 2. The van der Waals surface area contributed by atoms with E-state index in [-0.39, 0.29) is 24.8 Å². The van der Waals surface area contributed by atoms with Gasteiger partial charge in [-0.05, 0) is 37.1 Å². The Morgan fingerprint density at radius 3 is 2.54 bits per heavy atom. The molecule has 0 aliphatic carbocycles. The van der Waals surface area contributed by atoms with Gasteiger partial charge in [-0.15, -0.1) is 0 Å². The van der Waals surface area contributed by atoms with Crippen LogP contribution in [0.1, 0.15) is 24.8 Å². The summed E-state index contributed by atoms with van der Waals surface area (Å²) in [5, 5.41) is 14.7. The highest BCUT2D eigenvalue weighted by Crippen LogP contribution is 2.25. The third-order valence-electron chi connectivity index (χ3n) is 4.03. The molecule has 1 saturated heterocycles. The fourth-order valence-electron chi connectivity index (χ4n) is 2.64. The Labute approximate surface area is 140 Å². The second-order valence-electron chi connectivity index (χ2n) is 5.74. The molecule has 7 nitrogen and oxygen atoms in total. The highest BCUT2D eigenvalue weighted by atomic mass is 16.5. The Balaban J connectivity index is 1.92.